The molecular formula is C23H25ClN2O2. The predicted octanol–water partition coefficient (Wildman–Crippen LogP) is 5.84. The lowest BCUT2D eigenvalue weighted by molar-refractivity contribution is -0.122. The standard InChI is InChI=1S/C23H25ClN2O2/c1-16(2)28-21-11-10-18(14-17(21)15-25)26-22(27)23(12-6-3-7-13-23)19-8-4-5-9-20(19)24/h4-5,8-11,14,16H,3,6-7,12-13H2,1-2H3,(H,26,27). The second kappa shape index (κ2) is 8.67. The first-order valence-electron chi connectivity index (χ1n) is 9.73. The molecule has 2 aromatic carbocycles. The number of carbonyl (C=O) groups excluding carboxylic acids is 1. The normalized spacial score (nSPS) is 15.7. The van der Waals surface area contributed by atoms with Crippen LogP contribution in [-0.2, 0) is 10.2 Å². The molecular weight excluding hydrogens is 372 g/mol. The van der Waals surface area contributed by atoms with Crippen molar-refractivity contribution in [2.24, 2.45) is 0 Å². The fourth-order valence-corrected chi connectivity index (χ4v) is 4.24. The van der Waals surface area contributed by atoms with Crippen LogP contribution in [0.25, 0.3) is 0 Å². The maximum Gasteiger partial charge on any atom is 0.235 e. The number of benzene rings is 2. The smallest absolute Gasteiger partial charge is 0.235 e. The summed E-state index contributed by atoms with van der Waals surface area (Å²) in [4.78, 5) is 13.4. The van der Waals surface area contributed by atoms with Crippen LogP contribution in [0, 0.1) is 11.3 Å². The molecule has 0 unspecified atom stereocenters. The van der Waals surface area contributed by atoms with Gasteiger partial charge in [-0.05, 0) is 56.5 Å². The van der Waals surface area contributed by atoms with E-state index in [1.54, 1.807) is 18.2 Å². The van der Waals surface area contributed by atoms with Gasteiger partial charge in [-0.2, -0.15) is 5.26 Å². The van der Waals surface area contributed by atoms with E-state index in [9.17, 15) is 10.1 Å². The van der Waals surface area contributed by atoms with Gasteiger partial charge in [-0.1, -0.05) is 49.1 Å². The summed E-state index contributed by atoms with van der Waals surface area (Å²) in [6.07, 6.45) is 4.61. The number of rotatable bonds is 5. The van der Waals surface area contributed by atoms with Crippen LogP contribution in [0.3, 0.4) is 0 Å². The Morgan fingerprint density at radius 2 is 1.89 bits per heavy atom. The summed E-state index contributed by atoms with van der Waals surface area (Å²) in [5.41, 5.74) is 1.24. The van der Waals surface area contributed by atoms with Crippen molar-refractivity contribution in [2.75, 3.05) is 5.32 Å². The van der Waals surface area contributed by atoms with E-state index < -0.39 is 5.41 Å². The van der Waals surface area contributed by atoms with Gasteiger partial charge in [-0.15, -0.1) is 0 Å². The minimum atomic E-state index is -0.642. The molecule has 1 saturated carbocycles. The Balaban J connectivity index is 1.91. The number of nitriles is 1. The molecule has 146 valence electrons. The molecule has 1 fully saturated rings. The predicted molar refractivity (Wildman–Crippen MR) is 112 cm³/mol. The van der Waals surface area contributed by atoms with Gasteiger partial charge in [0.2, 0.25) is 5.91 Å². The Kier molecular flexibility index (Phi) is 6.26. The maximum atomic E-state index is 13.4. The van der Waals surface area contributed by atoms with Crippen molar-refractivity contribution in [3.63, 3.8) is 0 Å². The highest BCUT2D eigenvalue weighted by Gasteiger charge is 2.42. The number of hydrogen-bond donors (Lipinski definition) is 1. The molecule has 1 N–H and O–H groups in total. The topological polar surface area (TPSA) is 62.1 Å². The lowest BCUT2D eigenvalue weighted by atomic mass is 9.68. The molecule has 0 bridgehead atoms. The van der Waals surface area contributed by atoms with Crippen molar-refractivity contribution in [1.29, 1.82) is 5.26 Å². The van der Waals surface area contributed by atoms with E-state index in [0.29, 0.717) is 22.0 Å². The molecule has 1 amide bonds. The van der Waals surface area contributed by atoms with Gasteiger partial charge in [0.1, 0.15) is 11.8 Å². The molecule has 0 spiro atoms. The Labute approximate surface area is 171 Å². The fraction of sp³-hybridized carbons (Fsp3) is 0.391. The van der Waals surface area contributed by atoms with Crippen molar-refractivity contribution in [1.82, 2.24) is 0 Å². The minimum absolute atomic E-state index is 0.0294. The van der Waals surface area contributed by atoms with Crippen molar-refractivity contribution in [2.45, 2.75) is 57.5 Å². The summed E-state index contributed by atoms with van der Waals surface area (Å²) < 4.78 is 5.66. The molecule has 5 heteroatoms. The van der Waals surface area contributed by atoms with Crippen LogP contribution < -0.4 is 10.1 Å². The maximum absolute atomic E-state index is 13.4. The second-order valence-corrected chi connectivity index (χ2v) is 7.97. The molecule has 0 aromatic heterocycles. The highest BCUT2D eigenvalue weighted by Crippen LogP contribution is 2.43. The van der Waals surface area contributed by atoms with Gasteiger partial charge in [-0.3, -0.25) is 4.79 Å². The van der Waals surface area contributed by atoms with E-state index in [4.69, 9.17) is 16.3 Å². The Bertz CT molecular complexity index is 896. The first-order valence-corrected chi connectivity index (χ1v) is 10.1. The third-order valence-electron chi connectivity index (χ3n) is 5.25. The number of nitrogens with one attached hydrogen (secondary N) is 1. The molecule has 0 heterocycles. The largest absolute Gasteiger partial charge is 0.490 e. The van der Waals surface area contributed by atoms with Gasteiger partial charge in [0.15, 0.2) is 0 Å². The van der Waals surface area contributed by atoms with E-state index in [-0.39, 0.29) is 12.0 Å². The van der Waals surface area contributed by atoms with Crippen LogP contribution in [0.2, 0.25) is 5.02 Å². The van der Waals surface area contributed by atoms with E-state index in [0.717, 1.165) is 37.7 Å². The zero-order valence-corrected chi connectivity index (χ0v) is 17.1. The minimum Gasteiger partial charge on any atom is -0.490 e. The molecule has 3 rings (SSSR count). The summed E-state index contributed by atoms with van der Waals surface area (Å²) in [7, 11) is 0. The number of ether oxygens (including phenoxy) is 1. The fourth-order valence-electron chi connectivity index (χ4n) is 3.93. The van der Waals surface area contributed by atoms with Gasteiger partial charge < -0.3 is 10.1 Å². The number of carbonyl (C=O) groups is 1. The zero-order valence-electron chi connectivity index (χ0n) is 16.3. The average molecular weight is 397 g/mol. The number of amides is 1. The second-order valence-electron chi connectivity index (χ2n) is 7.57. The van der Waals surface area contributed by atoms with Crippen molar-refractivity contribution >= 4 is 23.2 Å². The highest BCUT2D eigenvalue weighted by atomic mass is 35.5. The molecule has 0 aliphatic heterocycles. The van der Waals surface area contributed by atoms with Crippen molar-refractivity contribution in [3.05, 3.63) is 58.6 Å². The van der Waals surface area contributed by atoms with Crippen LogP contribution >= 0.6 is 11.6 Å². The zero-order chi connectivity index (χ0) is 20.1. The first-order chi connectivity index (χ1) is 13.5. The van der Waals surface area contributed by atoms with E-state index in [2.05, 4.69) is 11.4 Å². The highest BCUT2D eigenvalue weighted by molar-refractivity contribution is 6.31. The van der Waals surface area contributed by atoms with Gasteiger partial charge in [0.05, 0.1) is 17.1 Å². The number of nitrogens with zero attached hydrogens (tertiary/aromatic N) is 1. The summed E-state index contributed by atoms with van der Waals surface area (Å²) in [5, 5.41) is 13.1. The van der Waals surface area contributed by atoms with E-state index >= 15 is 0 Å². The lowest BCUT2D eigenvalue weighted by Gasteiger charge is -2.37. The molecule has 4 nitrogen and oxygen atoms in total. The number of halogens is 1. The molecule has 0 atom stereocenters. The first kappa shape index (κ1) is 20.2. The Hall–Kier alpha value is -2.51. The van der Waals surface area contributed by atoms with Crippen LogP contribution in [0.5, 0.6) is 5.75 Å². The van der Waals surface area contributed by atoms with Crippen LogP contribution in [0.1, 0.15) is 57.1 Å². The van der Waals surface area contributed by atoms with E-state index in [1.165, 1.54) is 0 Å². The summed E-state index contributed by atoms with van der Waals surface area (Å²) in [5.74, 6) is 0.454. The molecule has 0 radical (unpaired) electrons. The average Bonchev–Trinajstić information content (AvgIpc) is 2.69. The Morgan fingerprint density at radius 3 is 2.54 bits per heavy atom. The lowest BCUT2D eigenvalue weighted by Crippen LogP contribution is -2.42. The quantitative estimate of drug-likeness (QED) is 0.690. The summed E-state index contributed by atoms with van der Waals surface area (Å²) in [6.45, 7) is 3.82. The van der Waals surface area contributed by atoms with Crippen LogP contribution in [0.4, 0.5) is 5.69 Å². The van der Waals surface area contributed by atoms with Gasteiger partial charge in [-0.25, -0.2) is 0 Å². The van der Waals surface area contributed by atoms with Crippen LogP contribution in [-0.4, -0.2) is 12.0 Å². The monoisotopic (exact) mass is 396 g/mol. The Morgan fingerprint density at radius 1 is 1.18 bits per heavy atom. The molecule has 0 saturated heterocycles. The third kappa shape index (κ3) is 4.15. The van der Waals surface area contributed by atoms with Gasteiger partial charge >= 0.3 is 0 Å². The molecule has 28 heavy (non-hydrogen) atoms. The number of anilines is 1. The van der Waals surface area contributed by atoms with E-state index in [1.807, 2.05) is 38.1 Å². The third-order valence-corrected chi connectivity index (χ3v) is 5.58. The molecule has 2 aromatic rings. The van der Waals surface area contributed by atoms with Gasteiger partial charge in [0.25, 0.3) is 0 Å². The van der Waals surface area contributed by atoms with Crippen LogP contribution in [0.15, 0.2) is 42.5 Å². The van der Waals surface area contributed by atoms with Gasteiger partial charge in [0, 0.05) is 10.7 Å². The SMILES string of the molecule is CC(C)Oc1ccc(NC(=O)C2(c3ccccc3Cl)CCCCC2)cc1C#N. The van der Waals surface area contributed by atoms with Crippen molar-refractivity contribution < 1.29 is 9.53 Å². The summed E-state index contributed by atoms with van der Waals surface area (Å²) in [6, 6.07) is 14.9. The molecule has 1 aliphatic carbocycles. The molecule has 1 aliphatic rings. The number of hydrogen-bond acceptors (Lipinski definition) is 3. The summed E-state index contributed by atoms with van der Waals surface area (Å²) >= 11 is 6.47. The van der Waals surface area contributed by atoms with Crippen molar-refractivity contribution in [3.8, 4) is 11.8 Å².